The lowest BCUT2D eigenvalue weighted by Gasteiger charge is -2.17. The standard InChI is InChI=1S/C12H20O5/c1-7(2)10(13)8(3)6-9(11(14)16-4)12(15)17-5/h7-9H,6H2,1-5H3. The van der Waals surface area contributed by atoms with Gasteiger partial charge in [-0.05, 0) is 6.42 Å². The Morgan fingerprint density at radius 2 is 1.35 bits per heavy atom. The molecule has 0 spiro atoms. The maximum atomic E-state index is 11.7. The Bertz CT molecular complexity index is 279. The van der Waals surface area contributed by atoms with Crippen LogP contribution < -0.4 is 0 Å². The van der Waals surface area contributed by atoms with E-state index >= 15 is 0 Å². The minimum absolute atomic E-state index is 0.0165. The second-order valence-electron chi connectivity index (χ2n) is 4.29. The summed E-state index contributed by atoms with van der Waals surface area (Å²) in [6.45, 7) is 5.26. The van der Waals surface area contributed by atoms with Crippen molar-refractivity contribution in [2.45, 2.75) is 27.2 Å². The van der Waals surface area contributed by atoms with Crippen molar-refractivity contribution >= 4 is 17.7 Å². The fourth-order valence-corrected chi connectivity index (χ4v) is 1.61. The third-order valence-corrected chi connectivity index (χ3v) is 2.62. The highest BCUT2D eigenvalue weighted by Gasteiger charge is 2.32. The Balaban J connectivity index is 4.70. The highest BCUT2D eigenvalue weighted by Crippen LogP contribution is 2.19. The van der Waals surface area contributed by atoms with Crippen molar-refractivity contribution in [2.75, 3.05) is 14.2 Å². The van der Waals surface area contributed by atoms with E-state index < -0.39 is 17.9 Å². The number of Topliss-reactive ketones (excluding diaryl/α,β-unsaturated/α-hetero) is 1. The topological polar surface area (TPSA) is 69.7 Å². The second-order valence-corrected chi connectivity index (χ2v) is 4.29. The quantitative estimate of drug-likeness (QED) is 0.518. The maximum Gasteiger partial charge on any atom is 0.320 e. The highest BCUT2D eigenvalue weighted by molar-refractivity contribution is 5.95. The molecule has 98 valence electrons. The summed E-state index contributed by atoms with van der Waals surface area (Å²) >= 11 is 0. The Morgan fingerprint density at radius 3 is 1.65 bits per heavy atom. The number of hydrogen-bond acceptors (Lipinski definition) is 5. The van der Waals surface area contributed by atoms with Crippen LogP contribution in [-0.2, 0) is 23.9 Å². The van der Waals surface area contributed by atoms with E-state index in [1.54, 1.807) is 20.8 Å². The molecule has 0 amide bonds. The molecule has 5 nitrogen and oxygen atoms in total. The molecule has 0 saturated carbocycles. The number of methoxy groups -OCH3 is 2. The molecule has 0 aliphatic rings. The molecule has 0 saturated heterocycles. The molecule has 17 heavy (non-hydrogen) atoms. The van der Waals surface area contributed by atoms with Crippen LogP contribution in [0.3, 0.4) is 0 Å². The Morgan fingerprint density at radius 1 is 0.941 bits per heavy atom. The van der Waals surface area contributed by atoms with Gasteiger partial charge in [0.25, 0.3) is 0 Å². The predicted octanol–water partition coefficient (Wildman–Crippen LogP) is 1.20. The van der Waals surface area contributed by atoms with Gasteiger partial charge in [-0.25, -0.2) is 0 Å². The molecule has 0 aliphatic heterocycles. The molecule has 0 fully saturated rings. The van der Waals surface area contributed by atoms with Crippen molar-refractivity contribution in [3.8, 4) is 0 Å². The Labute approximate surface area is 101 Å². The monoisotopic (exact) mass is 244 g/mol. The molecule has 0 aromatic rings. The van der Waals surface area contributed by atoms with Crippen molar-refractivity contribution in [2.24, 2.45) is 17.8 Å². The summed E-state index contributed by atoms with van der Waals surface area (Å²) in [4.78, 5) is 34.5. The molecule has 0 rings (SSSR count). The average molecular weight is 244 g/mol. The number of carbonyl (C=O) groups excluding carboxylic acids is 3. The molecule has 0 aromatic carbocycles. The van der Waals surface area contributed by atoms with Gasteiger partial charge >= 0.3 is 11.9 Å². The summed E-state index contributed by atoms with van der Waals surface area (Å²) < 4.78 is 9.05. The van der Waals surface area contributed by atoms with E-state index in [2.05, 4.69) is 9.47 Å². The molecule has 0 aromatic heterocycles. The van der Waals surface area contributed by atoms with Gasteiger partial charge in [0.05, 0.1) is 14.2 Å². The second kappa shape index (κ2) is 7.04. The van der Waals surface area contributed by atoms with Gasteiger partial charge in [-0.2, -0.15) is 0 Å². The van der Waals surface area contributed by atoms with Crippen LogP contribution in [0.15, 0.2) is 0 Å². The van der Waals surface area contributed by atoms with Crippen LogP contribution >= 0.6 is 0 Å². The minimum Gasteiger partial charge on any atom is -0.468 e. The minimum atomic E-state index is -1.03. The van der Waals surface area contributed by atoms with Gasteiger partial charge in [-0.15, -0.1) is 0 Å². The SMILES string of the molecule is COC(=O)C(CC(C)C(=O)C(C)C)C(=O)OC. The summed E-state index contributed by atoms with van der Waals surface area (Å²) in [5.74, 6) is -2.84. The third kappa shape index (κ3) is 4.54. The van der Waals surface area contributed by atoms with E-state index in [1.807, 2.05) is 0 Å². The van der Waals surface area contributed by atoms with Crippen LogP contribution in [-0.4, -0.2) is 31.9 Å². The maximum absolute atomic E-state index is 11.7. The first-order chi connectivity index (χ1) is 7.84. The molecule has 0 radical (unpaired) electrons. The number of hydrogen-bond donors (Lipinski definition) is 0. The largest absolute Gasteiger partial charge is 0.468 e. The predicted molar refractivity (Wildman–Crippen MR) is 61.1 cm³/mol. The zero-order valence-electron chi connectivity index (χ0n) is 11.0. The lowest BCUT2D eigenvalue weighted by Crippen LogP contribution is -2.31. The first-order valence-electron chi connectivity index (χ1n) is 5.54. The van der Waals surface area contributed by atoms with Gasteiger partial charge in [0.1, 0.15) is 5.78 Å². The smallest absolute Gasteiger partial charge is 0.320 e. The third-order valence-electron chi connectivity index (χ3n) is 2.62. The van der Waals surface area contributed by atoms with Gasteiger partial charge in [-0.3, -0.25) is 14.4 Å². The van der Waals surface area contributed by atoms with Gasteiger partial charge in [0.2, 0.25) is 0 Å². The summed E-state index contributed by atoms with van der Waals surface area (Å²) in [6.07, 6.45) is 0.121. The van der Waals surface area contributed by atoms with Crippen LogP contribution in [0.4, 0.5) is 0 Å². The van der Waals surface area contributed by atoms with Crippen molar-refractivity contribution in [1.29, 1.82) is 0 Å². The average Bonchev–Trinajstić information content (AvgIpc) is 2.32. The Kier molecular flexibility index (Phi) is 6.46. The van der Waals surface area contributed by atoms with Gasteiger partial charge in [0.15, 0.2) is 5.92 Å². The number of ether oxygens (including phenoxy) is 2. The molecule has 0 heterocycles. The van der Waals surface area contributed by atoms with Crippen LogP contribution in [0.2, 0.25) is 0 Å². The van der Waals surface area contributed by atoms with Crippen molar-refractivity contribution in [3.63, 3.8) is 0 Å². The van der Waals surface area contributed by atoms with Crippen LogP contribution in [0.5, 0.6) is 0 Å². The fourth-order valence-electron chi connectivity index (χ4n) is 1.61. The van der Waals surface area contributed by atoms with Gasteiger partial charge in [-0.1, -0.05) is 20.8 Å². The van der Waals surface area contributed by atoms with E-state index in [-0.39, 0.29) is 24.0 Å². The lowest BCUT2D eigenvalue weighted by molar-refractivity contribution is -0.159. The first kappa shape index (κ1) is 15.6. The number of esters is 2. The number of rotatable bonds is 6. The molecular weight excluding hydrogens is 224 g/mol. The summed E-state index contributed by atoms with van der Waals surface area (Å²) in [5.41, 5.74) is 0. The molecule has 0 bridgehead atoms. The first-order valence-corrected chi connectivity index (χ1v) is 5.54. The normalized spacial score (nSPS) is 12.4. The van der Waals surface area contributed by atoms with E-state index in [4.69, 9.17) is 0 Å². The van der Waals surface area contributed by atoms with Crippen LogP contribution in [0.1, 0.15) is 27.2 Å². The molecule has 1 atom stereocenters. The Hall–Kier alpha value is -1.39. The summed E-state index contributed by atoms with van der Waals surface area (Å²) in [7, 11) is 2.40. The summed E-state index contributed by atoms with van der Waals surface area (Å²) in [6, 6.07) is 0. The van der Waals surface area contributed by atoms with Crippen LogP contribution in [0, 0.1) is 17.8 Å². The van der Waals surface area contributed by atoms with Gasteiger partial charge < -0.3 is 9.47 Å². The van der Waals surface area contributed by atoms with Crippen molar-refractivity contribution in [3.05, 3.63) is 0 Å². The number of carbonyl (C=O) groups is 3. The highest BCUT2D eigenvalue weighted by atomic mass is 16.5. The van der Waals surface area contributed by atoms with Gasteiger partial charge in [0, 0.05) is 11.8 Å². The van der Waals surface area contributed by atoms with Crippen molar-refractivity contribution in [1.82, 2.24) is 0 Å². The molecule has 0 N–H and O–H groups in total. The van der Waals surface area contributed by atoms with E-state index in [0.717, 1.165) is 0 Å². The van der Waals surface area contributed by atoms with E-state index in [0.29, 0.717) is 0 Å². The molecular formula is C12H20O5. The summed E-state index contributed by atoms with van der Waals surface area (Å²) in [5, 5.41) is 0. The number of ketones is 1. The molecule has 5 heteroatoms. The van der Waals surface area contributed by atoms with Crippen molar-refractivity contribution < 1.29 is 23.9 Å². The molecule has 0 aliphatic carbocycles. The zero-order valence-corrected chi connectivity index (χ0v) is 11.0. The lowest BCUT2D eigenvalue weighted by atomic mass is 9.88. The fraction of sp³-hybridized carbons (Fsp3) is 0.750. The van der Waals surface area contributed by atoms with E-state index in [1.165, 1.54) is 14.2 Å². The molecule has 1 unspecified atom stereocenters. The van der Waals surface area contributed by atoms with E-state index in [9.17, 15) is 14.4 Å². The van der Waals surface area contributed by atoms with Crippen LogP contribution in [0.25, 0.3) is 0 Å². The zero-order chi connectivity index (χ0) is 13.6.